The van der Waals surface area contributed by atoms with Gasteiger partial charge in [0, 0.05) is 30.7 Å². The molecule has 1 saturated carbocycles. The molecular formula is C32H33N3O3S. The van der Waals surface area contributed by atoms with Gasteiger partial charge in [0.25, 0.3) is 0 Å². The number of hydrogen-bond acceptors (Lipinski definition) is 6. The molecule has 200 valence electrons. The molecule has 0 bridgehead atoms. The minimum absolute atomic E-state index is 0.00646. The summed E-state index contributed by atoms with van der Waals surface area (Å²) < 4.78 is 26.3. The molecule has 1 aliphatic carbocycles. The third-order valence-electron chi connectivity index (χ3n) is 8.21. The summed E-state index contributed by atoms with van der Waals surface area (Å²) in [6.07, 6.45) is 6.52. The number of aryl methyl sites for hydroxylation is 1. The van der Waals surface area contributed by atoms with E-state index in [1.807, 2.05) is 18.2 Å². The van der Waals surface area contributed by atoms with Crippen molar-refractivity contribution in [1.29, 1.82) is 0 Å². The van der Waals surface area contributed by atoms with Gasteiger partial charge in [0.1, 0.15) is 5.78 Å². The first-order valence-electron chi connectivity index (χ1n) is 13.7. The third kappa shape index (κ3) is 5.65. The SMILES string of the molecule is Cc1cccc2ccc(CC(=O)[C@@H]3C[C@H]3c3ccc(S(=O)(=O)Cc4cncc(C5CCNCC5)n4)cc3)cc12. The van der Waals surface area contributed by atoms with E-state index in [2.05, 4.69) is 52.5 Å². The molecule has 1 aromatic heterocycles. The number of fused-ring (bicyclic) bond motifs is 1. The normalized spacial score (nSPS) is 19.7. The van der Waals surface area contributed by atoms with Gasteiger partial charge in [-0.1, -0.05) is 48.5 Å². The molecule has 0 spiro atoms. The zero-order chi connectivity index (χ0) is 27.0. The van der Waals surface area contributed by atoms with Crippen molar-refractivity contribution >= 4 is 26.4 Å². The van der Waals surface area contributed by atoms with E-state index < -0.39 is 9.84 Å². The van der Waals surface area contributed by atoms with E-state index in [0.717, 1.165) is 49.2 Å². The molecule has 6 rings (SSSR count). The summed E-state index contributed by atoms with van der Waals surface area (Å²) in [5, 5.41) is 5.72. The molecule has 2 heterocycles. The molecule has 1 aliphatic heterocycles. The Labute approximate surface area is 229 Å². The number of benzene rings is 3. The second kappa shape index (κ2) is 10.6. The van der Waals surface area contributed by atoms with Gasteiger partial charge in [-0.2, -0.15) is 0 Å². The summed E-state index contributed by atoms with van der Waals surface area (Å²) in [5.41, 5.74) is 4.63. The lowest BCUT2D eigenvalue weighted by atomic mass is 9.95. The highest BCUT2D eigenvalue weighted by atomic mass is 32.2. The highest BCUT2D eigenvalue weighted by molar-refractivity contribution is 7.90. The number of nitrogens with zero attached hydrogens (tertiary/aromatic N) is 2. The molecule has 0 radical (unpaired) electrons. The van der Waals surface area contributed by atoms with E-state index in [9.17, 15) is 13.2 Å². The van der Waals surface area contributed by atoms with Gasteiger partial charge in [0.2, 0.25) is 0 Å². The minimum atomic E-state index is -3.56. The van der Waals surface area contributed by atoms with Crippen LogP contribution in [0.3, 0.4) is 0 Å². The Morgan fingerprint density at radius 1 is 1.00 bits per heavy atom. The highest BCUT2D eigenvalue weighted by Crippen LogP contribution is 2.48. The lowest BCUT2D eigenvalue weighted by Crippen LogP contribution is -2.27. The summed E-state index contributed by atoms with van der Waals surface area (Å²) in [5.74, 6) is 0.544. The van der Waals surface area contributed by atoms with E-state index >= 15 is 0 Å². The van der Waals surface area contributed by atoms with E-state index in [0.29, 0.717) is 18.0 Å². The molecule has 2 aliphatic rings. The van der Waals surface area contributed by atoms with Crippen LogP contribution in [0.1, 0.15) is 59.2 Å². The monoisotopic (exact) mass is 539 g/mol. The van der Waals surface area contributed by atoms with Crippen LogP contribution < -0.4 is 5.32 Å². The fraction of sp³-hybridized carbons (Fsp3) is 0.344. The number of nitrogens with one attached hydrogen (secondary N) is 1. The van der Waals surface area contributed by atoms with Crippen LogP contribution in [-0.2, 0) is 26.8 Å². The summed E-state index contributed by atoms with van der Waals surface area (Å²) in [6, 6.07) is 19.6. The minimum Gasteiger partial charge on any atom is -0.317 e. The first-order chi connectivity index (χ1) is 18.9. The van der Waals surface area contributed by atoms with Crippen LogP contribution in [-0.4, -0.2) is 37.3 Å². The average Bonchev–Trinajstić information content (AvgIpc) is 3.76. The second-order valence-corrected chi connectivity index (χ2v) is 13.0. The number of carbonyl (C=O) groups excluding carboxylic acids is 1. The first kappa shape index (κ1) is 25.8. The van der Waals surface area contributed by atoms with Gasteiger partial charge in [-0.05, 0) is 84.8 Å². The molecule has 2 fully saturated rings. The van der Waals surface area contributed by atoms with Gasteiger partial charge in [0.05, 0.1) is 22.0 Å². The fourth-order valence-corrected chi connectivity index (χ4v) is 7.09. The van der Waals surface area contributed by atoms with E-state index in [1.54, 1.807) is 24.5 Å². The van der Waals surface area contributed by atoms with Crippen molar-refractivity contribution in [2.24, 2.45) is 5.92 Å². The number of carbonyl (C=O) groups is 1. The van der Waals surface area contributed by atoms with Crippen LogP contribution in [0.2, 0.25) is 0 Å². The number of piperidine rings is 1. The van der Waals surface area contributed by atoms with Gasteiger partial charge >= 0.3 is 0 Å². The van der Waals surface area contributed by atoms with Gasteiger partial charge in [0.15, 0.2) is 9.84 Å². The lowest BCUT2D eigenvalue weighted by Gasteiger charge is -2.22. The Bertz CT molecular complexity index is 1630. The number of aromatic nitrogens is 2. The quantitative estimate of drug-likeness (QED) is 0.327. The van der Waals surface area contributed by atoms with Gasteiger partial charge in [-0.3, -0.25) is 14.8 Å². The molecule has 0 unspecified atom stereocenters. The number of Topliss-reactive ketones (excluding diaryl/α,β-unsaturated/α-hetero) is 1. The number of ketones is 1. The molecule has 4 aromatic rings. The maximum absolute atomic E-state index is 13.1. The summed E-state index contributed by atoms with van der Waals surface area (Å²) in [7, 11) is -3.56. The number of rotatable bonds is 8. The van der Waals surface area contributed by atoms with Crippen molar-refractivity contribution in [3.63, 3.8) is 0 Å². The predicted octanol–water partition coefficient (Wildman–Crippen LogP) is 5.29. The Hall–Kier alpha value is -3.42. The van der Waals surface area contributed by atoms with Crippen molar-refractivity contribution in [1.82, 2.24) is 15.3 Å². The second-order valence-electron chi connectivity index (χ2n) is 11.0. The maximum Gasteiger partial charge on any atom is 0.184 e. The molecule has 0 amide bonds. The summed E-state index contributed by atoms with van der Waals surface area (Å²) >= 11 is 0. The van der Waals surface area contributed by atoms with E-state index in [-0.39, 0.29) is 28.3 Å². The maximum atomic E-state index is 13.1. The van der Waals surface area contributed by atoms with Crippen molar-refractivity contribution < 1.29 is 13.2 Å². The number of sulfone groups is 1. The Balaban J connectivity index is 1.09. The van der Waals surface area contributed by atoms with Crippen molar-refractivity contribution in [3.05, 3.63) is 101 Å². The van der Waals surface area contributed by atoms with E-state index in [4.69, 9.17) is 0 Å². The molecule has 2 atom stereocenters. The molecule has 6 nitrogen and oxygen atoms in total. The molecule has 1 N–H and O–H groups in total. The van der Waals surface area contributed by atoms with Crippen molar-refractivity contribution in [2.45, 2.75) is 55.1 Å². The van der Waals surface area contributed by atoms with Crippen LogP contribution in [0.5, 0.6) is 0 Å². The standard InChI is InChI=1S/C32H33N3O3S/c1-21-3-2-4-23-6-5-22(15-28(21)23)16-32(36)30-17-29(30)24-7-9-27(10-8-24)39(37,38)20-26-18-34-19-31(35-26)25-11-13-33-14-12-25/h2-10,15,18-19,25,29-30,33H,11-14,16-17,20H2,1H3/t29-,30+/m0/s1. The van der Waals surface area contributed by atoms with Crippen molar-refractivity contribution in [2.75, 3.05) is 13.1 Å². The average molecular weight is 540 g/mol. The van der Waals surface area contributed by atoms with Crippen LogP contribution >= 0.6 is 0 Å². The van der Waals surface area contributed by atoms with Crippen LogP contribution in [0, 0.1) is 12.8 Å². The van der Waals surface area contributed by atoms with Gasteiger partial charge in [-0.25, -0.2) is 8.42 Å². The highest BCUT2D eigenvalue weighted by Gasteiger charge is 2.43. The zero-order valence-electron chi connectivity index (χ0n) is 22.1. The largest absolute Gasteiger partial charge is 0.317 e. The molecule has 7 heteroatoms. The van der Waals surface area contributed by atoms with Crippen LogP contribution in [0.4, 0.5) is 0 Å². The molecule has 1 saturated heterocycles. The van der Waals surface area contributed by atoms with E-state index in [1.165, 1.54) is 16.3 Å². The van der Waals surface area contributed by atoms with Crippen molar-refractivity contribution in [3.8, 4) is 0 Å². The third-order valence-corrected chi connectivity index (χ3v) is 9.88. The topological polar surface area (TPSA) is 89.0 Å². The molecule has 3 aromatic carbocycles. The Morgan fingerprint density at radius 2 is 1.79 bits per heavy atom. The lowest BCUT2D eigenvalue weighted by molar-refractivity contribution is -0.119. The summed E-state index contributed by atoms with van der Waals surface area (Å²) in [6.45, 7) is 3.98. The Kier molecular flexibility index (Phi) is 7.04. The Morgan fingerprint density at radius 3 is 2.59 bits per heavy atom. The smallest absolute Gasteiger partial charge is 0.184 e. The first-order valence-corrected chi connectivity index (χ1v) is 15.4. The zero-order valence-corrected chi connectivity index (χ0v) is 23.0. The van der Waals surface area contributed by atoms with Gasteiger partial charge < -0.3 is 5.32 Å². The summed E-state index contributed by atoms with van der Waals surface area (Å²) in [4.78, 5) is 22.2. The van der Waals surface area contributed by atoms with Crippen LogP contribution in [0.15, 0.2) is 78.0 Å². The van der Waals surface area contributed by atoms with Gasteiger partial charge in [-0.15, -0.1) is 0 Å². The molecule has 39 heavy (non-hydrogen) atoms. The number of hydrogen-bond donors (Lipinski definition) is 1. The van der Waals surface area contributed by atoms with Crippen LogP contribution in [0.25, 0.3) is 10.8 Å². The predicted molar refractivity (Wildman–Crippen MR) is 152 cm³/mol. The molecular weight excluding hydrogens is 506 g/mol. The fourth-order valence-electron chi connectivity index (χ4n) is 5.85.